The molecule has 5 nitrogen and oxygen atoms in total. The molecule has 1 N–H and O–H groups in total. The highest BCUT2D eigenvalue weighted by atomic mass is 19.1. The summed E-state index contributed by atoms with van der Waals surface area (Å²) in [5.41, 5.74) is 1.41. The van der Waals surface area contributed by atoms with Crippen LogP contribution in [-0.4, -0.2) is 28.7 Å². The number of carbonyl (C=O) groups excluding carboxylic acids is 1. The molecule has 124 valence electrons. The molecular formula is C17H22FN3O2. The SMILES string of the molecule is CCCN(Cc1cc(-c2ccc(F)cc2)on1)C(=O)NC(C)C. The van der Waals surface area contributed by atoms with E-state index in [0.29, 0.717) is 24.5 Å². The van der Waals surface area contributed by atoms with Crippen molar-refractivity contribution in [3.05, 3.63) is 41.8 Å². The van der Waals surface area contributed by atoms with E-state index in [0.717, 1.165) is 12.0 Å². The zero-order chi connectivity index (χ0) is 16.8. The Kier molecular flexibility index (Phi) is 5.73. The minimum atomic E-state index is -0.298. The van der Waals surface area contributed by atoms with Gasteiger partial charge < -0.3 is 14.7 Å². The first-order valence-corrected chi connectivity index (χ1v) is 7.76. The van der Waals surface area contributed by atoms with Gasteiger partial charge in [-0.3, -0.25) is 0 Å². The van der Waals surface area contributed by atoms with E-state index in [1.807, 2.05) is 20.8 Å². The van der Waals surface area contributed by atoms with Gasteiger partial charge in [0.15, 0.2) is 5.76 Å². The maximum atomic E-state index is 13.0. The van der Waals surface area contributed by atoms with Gasteiger partial charge in [-0.1, -0.05) is 12.1 Å². The predicted octanol–water partition coefficient (Wildman–Crippen LogP) is 3.81. The Bertz CT molecular complexity index is 638. The van der Waals surface area contributed by atoms with Crippen molar-refractivity contribution in [2.24, 2.45) is 0 Å². The molecule has 1 aromatic heterocycles. The number of carbonyl (C=O) groups is 1. The lowest BCUT2D eigenvalue weighted by Gasteiger charge is -2.22. The highest BCUT2D eigenvalue weighted by molar-refractivity contribution is 5.74. The molecule has 0 fully saturated rings. The number of hydrogen-bond donors (Lipinski definition) is 1. The van der Waals surface area contributed by atoms with Gasteiger partial charge in [0.05, 0.1) is 6.54 Å². The van der Waals surface area contributed by atoms with Gasteiger partial charge in [-0.15, -0.1) is 0 Å². The molecule has 2 rings (SSSR count). The third-order valence-electron chi connectivity index (χ3n) is 3.23. The van der Waals surface area contributed by atoms with Crippen LogP contribution in [0.25, 0.3) is 11.3 Å². The monoisotopic (exact) mass is 319 g/mol. The van der Waals surface area contributed by atoms with E-state index >= 15 is 0 Å². The van der Waals surface area contributed by atoms with Crippen LogP contribution in [-0.2, 0) is 6.54 Å². The zero-order valence-electron chi connectivity index (χ0n) is 13.7. The Morgan fingerprint density at radius 1 is 1.35 bits per heavy atom. The van der Waals surface area contributed by atoms with E-state index in [-0.39, 0.29) is 17.9 Å². The molecule has 0 saturated heterocycles. The summed E-state index contributed by atoms with van der Waals surface area (Å²) in [6.07, 6.45) is 0.855. The quantitative estimate of drug-likeness (QED) is 0.881. The lowest BCUT2D eigenvalue weighted by Crippen LogP contribution is -2.42. The summed E-state index contributed by atoms with van der Waals surface area (Å²) in [4.78, 5) is 13.9. The predicted molar refractivity (Wildman–Crippen MR) is 86.3 cm³/mol. The van der Waals surface area contributed by atoms with Crippen molar-refractivity contribution in [2.75, 3.05) is 6.54 Å². The van der Waals surface area contributed by atoms with E-state index in [4.69, 9.17) is 4.52 Å². The molecule has 0 radical (unpaired) electrons. The average Bonchev–Trinajstić information content (AvgIpc) is 2.95. The average molecular weight is 319 g/mol. The second kappa shape index (κ2) is 7.76. The summed E-state index contributed by atoms with van der Waals surface area (Å²) in [5.74, 6) is 0.258. The van der Waals surface area contributed by atoms with Crippen LogP contribution in [0.2, 0.25) is 0 Å². The lowest BCUT2D eigenvalue weighted by atomic mass is 10.1. The molecule has 0 unspecified atom stereocenters. The van der Waals surface area contributed by atoms with Gasteiger partial charge in [0, 0.05) is 24.2 Å². The van der Waals surface area contributed by atoms with Crippen molar-refractivity contribution in [2.45, 2.75) is 39.8 Å². The maximum Gasteiger partial charge on any atom is 0.317 e. The Morgan fingerprint density at radius 2 is 2.04 bits per heavy atom. The topological polar surface area (TPSA) is 58.4 Å². The fraction of sp³-hybridized carbons (Fsp3) is 0.412. The standard InChI is InChI=1S/C17H22FN3O2/c1-4-9-21(17(22)19-12(2)3)11-15-10-16(23-20-15)13-5-7-14(18)8-6-13/h5-8,10,12H,4,9,11H2,1-3H3,(H,19,22). The normalized spacial score (nSPS) is 10.8. The summed E-state index contributed by atoms with van der Waals surface area (Å²) >= 11 is 0. The summed E-state index contributed by atoms with van der Waals surface area (Å²) in [7, 11) is 0. The molecule has 0 atom stereocenters. The third-order valence-corrected chi connectivity index (χ3v) is 3.23. The minimum Gasteiger partial charge on any atom is -0.356 e. The van der Waals surface area contributed by atoms with Gasteiger partial charge >= 0.3 is 6.03 Å². The Morgan fingerprint density at radius 3 is 2.65 bits per heavy atom. The van der Waals surface area contributed by atoms with Crippen LogP contribution < -0.4 is 5.32 Å². The van der Waals surface area contributed by atoms with E-state index in [9.17, 15) is 9.18 Å². The second-order valence-electron chi connectivity index (χ2n) is 5.72. The van der Waals surface area contributed by atoms with Gasteiger partial charge in [-0.05, 0) is 44.5 Å². The molecule has 6 heteroatoms. The first-order valence-electron chi connectivity index (χ1n) is 7.76. The largest absolute Gasteiger partial charge is 0.356 e. The Hall–Kier alpha value is -2.37. The summed E-state index contributed by atoms with van der Waals surface area (Å²) in [5, 5.41) is 6.89. The molecule has 2 amide bonds. The molecule has 0 aliphatic rings. The van der Waals surface area contributed by atoms with Gasteiger partial charge in [-0.25, -0.2) is 9.18 Å². The first-order chi connectivity index (χ1) is 11.0. The van der Waals surface area contributed by atoms with Crippen LogP contribution in [0, 0.1) is 5.82 Å². The number of halogens is 1. The number of urea groups is 1. The fourth-order valence-electron chi connectivity index (χ4n) is 2.19. The smallest absolute Gasteiger partial charge is 0.317 e. The number of nitrogens with zero attached hydrogens (tertiary/aromatic N) is 2. The van der Waals surface area contributed by atoms with Crippen LogP contribution >= 0.6 is 0 Å². The molecule has 1 heterocycles. The molecule has 1 aromatic carbocycles. The van der Waals surface area contributed by atoms with Crippen LogP contribution in [0.4, 0.5) is 9.18 Å². The van der Waals surface area contributed by atoms with Crippen molar-refractivity contribution in [1.29, 1.82) is 0 Å². The second-order valence-corrected chi connectivity index (χ2v) is 5.72. The number of nitrogens with one attached hydrogen (secondary N) is 1. The molecule has 2 aromatic rings. The van der Waals surface area contributed by atoms with E-state index < -0.39 is 0 Å². The van der Waals surface area contributed by atoms with Gasteiger partial charge in [0.2, 0.25) is 0 Å². The highest BCUT2D eigenvalue weighted by Gasteiger charge is 2.16. The van der Waals surface area contributed by atoms with Crippen molar-refractivity contribution < 1.29 is 13.7 Å². The van der Waals surface area contributed by atoms with Crippen LogP contribution in [0.3, 0.4) is 0 Å². The van der Waals surface area contributed by atoms with Crippen LogP contribution in [0.5, 0.6) is 0 Å². The first kappa shape index (κ1) is 17.0. The maximum absolute atomic E-state index is 13.0. The Balaban J connectivity index is 2.09. The number of amides is 2. The van der Waals surface area contributed by atoms with E-state index in [1.165, 1.54) is 12.1 Å². The summed E-state index contributed by atoms with van der Waals surface area (Å²) in [6, 6.07) is 7.75. The molecule has 0 spiro atoms. The van der Waals surface area contributed by atoms with Crippen molar-refractivity contribution >= 4 is 6.03 Å². The molecule has 0 aliphatic heterocycles. The molecule has 0 saturated carbocycles. The molecule has 23 heavy (non-hydrogen) atoms. The lowest BCUT2D eigenvalue weighted by molar-refractivity contribution is 0.191. The van der Waals surface area contributed by atoms with Crippen LogP contribution in [0.1, 0.15) is 32.9 Å². The Labute approximate surface area is 135 Å². The number of benzene rings is 1. The summed E-state index contributed by atoms with van der Waals surface area (Å²) < 4.78 is 18.3. The zero-order valence-corrected chi connectivity index (χ0v) is 13.7. The highest BCUT2D eigenvalue weighted by Crippen LogP contribution is 2.21. The molecule has 0 aliphatic carbocycles. The molecule has 0 bridgehead atoms. The number of rotatable bonds is 6. The minimum absolute atomic E-state index is 0.0777. The van der Waals surface area contributed by atoms with Crippen molar-refractivity contribution in [3.8, 4) is 11.3 Å². The number of hydrogen-bond acceptors (Lipinski definition) is 3. The van der Waals surface area contributed by atoms with Crippen LogP contribution in [0.15, 0.2) is 34.9 Å². The van der Waals surface area contributed by atoms with Gasteiger partial charge in [0.25, 0.3) is 0 Å². The van der Waals surface area contributed by atoms with E-state index in [1.54, 1.807) is 23.1 Å². The van der Waals surface area contributed by atoms with Gasteiger partial charge in [0.1, 0.15) is 11.5 Å². The summed E-state index contributed by atoms with van der Waals surface area (Å²) in [6.45, 7) is 6.87. The van der Waals surface area contributed by atoms with E-state index in [2.05, 4.69) is 10.5 Å². The van der Waals surface area contributed by atoms with Gasteiger partial charge in [-0.2, -0.15) is 0 Å². The fourth-order valence-corrected chi connectivity index (χ4v) is 2.19. The molecular weight excluding hydrogens is 297 g/mol. The van der Waals surface area contributed by atoms with Crippen molar-refractivity contribution in [1.82, 2.24) is 15.4 Å². The number of aromatic nitrogens is 1. The third kappa shape index (κ3) is 4.81. The van der Waals surface area contributed by atoms with Crippen molar-refractivity contribution in [3.63, 3.8) is 0 Å².